The molecule has 0 saturated carbocycles. The lowest BCUT2D eigenvalue weighted by atomic mass is 10.1. The summed E-state index contributed by atoms with van der Waals surface area (Å²) >= 11 is 0. The average Bonchev–Trinajstić information content (AvgIpc) is 2.42. The molecule has 1 aromatic rings. The molecule has 0 bridgehead atoms. The van der Waals surface area contributed by atoms with Crippen LogP contribution in [-0.2, 0) is 14.9 Å². The number of benzene rings is 1. The molecule has 1 atom stereocenters. The molecule has 134 valence electrons. The summed E-state index contributed by atoms with van der Waals surface area (Å²) in [7, 11) is -4.22. The summed E-state index contributed by atoms with van der Waals surface area (Å²) in [5, 5.41) is 20.4. The maximum atomic E-state index is 11.7. The van der Waals surface area contributed by atoms with Crippen molar-refractivity contribution in [1.82, 2.24) is 9.44 Å². The Hall–Kier alpha value is -2.24. The predicted octanol–water partition coefficient (Wildman–Crippen LogP) is 0.987. The van der Waals surface area contributed by atoms with Crippen molar-refractivity contribution in [3.63, 3.8) is 0 Å². The van der Waals surface area contributed by atoms with E-state index in [1.807, 2.05) is 4.72 Å². The average molecular weight is 361 g/mol. The van der Waals surface area contributed by atoms with Gasteiger partial charge in [-0.3, -0.25) is 10.1 Å². The molecule has 1 unspecified atom stereocenters. The van der Waals surface area contributed by atoms with E-state index in [2.05, 4.69) is 0 Å². The summed E-state index contributed by atoms with van der Waals surface area (Å²) in [4.78, 5) is 21.4. The number of hydrogen-bond donors (Lipinski definition) is 3. The van der Waals surface area contributed by atoms with E-state index >= 15 is 0 Å². The molecule has 10 nitrogen and oxygen atoms in total. The van der Waals surface area contributed by atoms with E-state index in [-0.39, 0.29) is 11.3 Å². The number of nitrogens with one attached hydrogen (secondary N) is 2. The first-order valence-electron chi connectivity index (χ1n) is 6.82. The van der Waals surface area contributed by atoms with Gasteiger partial charge in [0.25, 0.3) is 5.69 Å². The largest absolute Gasteiger partial charge is 0.443 e. The Labute approximate surface area is 139 Å². The van der Waals surface area contributed by atoms with Gasteiger partial charge in [0.1, 0.15) is 5.60 Å². The van der Waals surface area contributed by atoms with Crippen LogP contribution in [0.4, 0.5) is 10.5 Å². The molecular formula is C13H19N3O7S. The summed E-state index contributed by atoms with van der Waals surface area (Å²) < 4.78 is 31.8. The monoisotopic (exact) mass is 361 g/mol. The third kappa shape index (κ3) is 6.89. The Morgan fingerprint density at radius 3 is 2.33 bits per heavy atom. The molecule has 3 N–H and O–H groups in total. The van der Waals surface area contributed by atoms with Crippen LogP contribution in [0.1, 0.15) is 32.4 Å². The Kier molecular flexibility index (Phi) is 6.23. The smallest absolute Gasteiger partial charge is 0.422 e. The second-order valence-corrected chi connectivity index (χ2v) is 7.32. The first-order valence-corrected chi connectivity index (χ1v) is 8.31. The number of rotatable bonds is 6. The second-order valence-electron chi connectivity index (χ2n) is 5.82. The summed E-state index contributed by atoms with van der Waals surface area (Å²) in [6, 6.07) is 4.98. The fourth-order valence-electron chi connectivity index (χ4n) is 1.57. The molecule has 11 heteroatoms. The van der Waals surface area contributed by atoms with Gasteiger partial charge >= 0.3 is 16.3 Å². The molecule has 0 heterocycles. The van der Waals surface area contributed by atoms with Gasteiger partial charge in [0.05, 0.1) is 11.0 Å². The lowest BCUT2D eigenvalue weighted by Crippen LogP contribution is -2.43. The predicted molar refractivity (Wildman–Crippen MR) is 84.3 cm³/mol. The molecule has 0 spiro atoms. The van der Waals surface area contributed by atoms with Gasteiger partial charge in [-0.1, -0.05) is 0 Å². The number of carbonyl (C=O) groups excluding carboxylic acids is 1. The van der Waals surface area contributed by atoms with Crippen molar-refractivity contribution in [3.05, 3.63) is 39.9 Å². The van der Waals surface area contributed by atoms with Crippen LogP contribution < -0.4 is 9.44 Å². The van der Waals surface area contributed by atoms with Crippen molar-refractivity contribution in [2.45, 2.75) is 32.5 Å². The Morgan fingerprint density at radius 2 is 1.88 bits per heavy atom. The summed E-state index contributed by atoms with van der Waals surface area (Å²) in [5.41, 5.74) is -0.739. The first-order chi connectivity index (χ1) is 10.9. The van der Waals surface area contributed by atoms with Gasteiger partial charge in [0.2, 0.25) is 0 Å². The quantitative estimate of drug-likeness (QED) is 0.505. The van der Waals surface area contributed by atoms with Crippen molar-refractivity contribution in [3.8, 4) is 0 Å². The van der Waals surface area contributed by atoms with Crippen LogP contribution in [0, 0.1) is 10.1 Å². The van der Waals surface area contributed by atoms with Gasteiger partial charge in [-0.2, -0.15) is 13.1 Å². The highest BCUT2D eigenvalue weighted by Crippen LogP contribution is 2.17. The number of non-ortho nitro benzene ring substituents is 1. The Balaban J connectivity index is 2.60. The molecule has 0 saturated heterocycles. The highest BCUT2D eigenvalue weighted by Gasteiger charge is 2.22. The highest BCUT2D eigenvalue weighted by atomic mass is 32.2. The lowest BCUT2D eigenvalue weighted by molar-refractivity contribution is -0.384. The molecule has 0 fully saturated rings. The fraction of sp³-hybridized carbons (Fsp3) is 0.462. The zero-order valence-corrected chi connectivity index (χ0v) is 14.2. The number of carbonyl (C=O) groups is 1. The SMILES string of the molecule is CC(C)(C)OC(=O)NS(=O)(=O)NCC(O)c1ccc([N+](=O)[O-])cc1. The lowest BCUT2D eigenvalue weighted by Gasteiger charge is -2.20. The summed E-state index contributed by atoms with van der Waals surface area (Å²) in [5.74, 6) is 0. The Bertz CT molecular complexity index is 695. The van der Waals surface area contributed by atoms with E-state index < -0.39 is 39.5 Å². The van der Waals surface area contributed by atoms with Crippen LogP contribution in [-0.4, -0.2) is 36.7 Å². The molecule has 1 rings (SSSR count). The first kappa shape index (κ1) is 19.8. The minimum atomic E-state index is -4.22. The van der Waals surface area contributed by atoms with Gasteiger partial charge < -0.3 is 9.84 Å². The number of aliphatic hydroxyl groups is 1. The Morgan fingerprint density at radius 1 is 1.33 bits per heavy atom. The number of amides is 1. The molecule has 0 aliphatic heterocycles. The van der Waals surface area contributed by atoms with Crippen molar-refractivity contribution >= 4 is 22.0 Å². The van der Waals surface area contributed by atoms with Gasteiger partial charge in [0, 0.05) is 18.7 Å². The topological polar surface area (TPSA) is 148 Å². The van der Waals surface area contributed by atoms with Gasteiger partial charge in [0.15, 0.2) is 0 Å². The van der Waals surface area contributed by atoms with Crippen molar-refractivity contribution in [1.29, 1.82) is 0 Å². The van der Waals surface area contributed by atoms with Crippen molar-refractivity contribution < 1.29 is 28.0 Å². The van der Waals surface area contributed by atoms with Gasteiger partial charge in [-0.05, 0) is 38.5 Å². The third-order valence-electron chi connectivity index (χ3n) is 2.57. The molecular weight excluding hydrogens is 342 g/mol. The number of nitrogens with zero attached hydrogens (tertiary/aromatic N) is 1. The molecule has 0 radical (unpaired) electrons. The van der Waals surface area contributed by atoms with Crippen molar-refractivity contribution in [2.24, 2.45) is 0 Å². The van der Waals surface area contributed by atoms with E-state index in [4.69, 9.17) is 4.74 Å². The van der Waals surface area contributed by atoms with Crippen LogP contribution in [0.25, 0.3) is 0 Å². The number of nitro benzene ring substituents is 1. The number of nitro groups is 1. The van der Waals surface area contributed by atoms with E-state index in [0.29, 0.717) is 0 Å². The fourth-order valence-corrected chi connectivity index (χ4v) is 2.28. The number of hydrogen-bond acceptors (Lipinski definition) is 7. The highest BCUT2D eigenvalue weighted by molar-refractivity contribution is 7.88. The number of ether oxygens (including phenoxy) is 1. The van der Waals surface area contributed by atoms with Gasteiger partial charge in [-0.25, -0.2) is 9.52 Å². The van der Waals surface area contributed by atoms with Gasteiger partial charge in [-0.15, -0.1) is 0 Å². The molecule has 0 aromatic heterocycles. The van der Waals surface area contributed by atoms with E-state index in [1.54, 1.807) is 25.5 Å². The maximum Gasteiger partial charge on any atom is 0.422 e. The zero-order valence-electron chi connectivity index (χ0n) is 13.3. The maximum absolute atomic E-state index is 11.7. The van der Waals surface area contributed by atoms with Crippen LogP contribution in [0.3, 0.4) is 0 Å². The van der Waals surface area contributed by atoms with E-state index in [9.17, 15) is 28.4 Å². The minimum absolute atomic E-state index is 0.155. The van der Waals surface area contributed by atoms with Crippen LogP contribution in [0.2, 0.25) is 0 Å². The van der Waals surface area contributed by atoms with E-state index in [0.717, 1.165) is 0 Å². The zero-order chi connectivity index (χ0) is 18.5. The number of aliphatic hydroxyl groups excluding tert-OH is 1. The third-order valence-corrected chi connectivity index (χ3v) is 3.55. The van der Waals surface area contributed by atoms with Crippen LogP contribution >= 0.6 is 0 Å². The molecule has 1 aromatic carbocycles. The van der Waals surface area contributed by atoms with Crippen LogP contribution in [0.5, 0.6) is 0 Å². The normalized spacial score (nSPS) is 13.2. The van der Waals surface area contributed by atoms with Crippen molar-refractivity contribution in [2.75, 3.05) is 6.54 Å². The minimum Gasteiger partial charge on any atom is -0.443 e. The van der Waals surface area contributed by atoms with Crippen LogP contribution in [0.15, 0.2) is 24.3 Å². The second kappa shape index (κ2) is 7.55. The molecule has 0 aliphatic rings. The summed E-state index contributed by atoms with van der Waals surface area (Å²) in [6.07, 6.45) is -2.40. The molecule has 0 aliphatic carbocycles. The summed E-state index contributed by atoms with van der Waals surface area (Å²) in [6.45, 7) is 4.29. The molecule has 24 heavy (non-hydrogen) atoms. The standard InChI is InChI=1S/C13H19N3O7S/c1-13(2,3)23-12(18)15-24(21,22)14-8-11(17)9-4-6-10(7-5-9)16(19)20/h4-7,11,14,17H,8H2,1-3H3,(H,15,18). The molecule has 1 amide bonds. The van der Waals surface area contributed by atoms with E-state index in [1.165, 1.54) is 24.3 Å².